The van der Waals surface area contributed by atoms with Gasteiger partial charge >= 0.3 is 0 Å². The van der Waals surface area contributed by atoms with E-state index in [1.165, 1.54) is 12.1 Å². The zero-order valence-corrected chi connectivity index (χ0v) is 13.6. The summed E-state index contributed by atoms with van der Waals surface area (Å²) in [5, 5.41) is 13.9. The predicted molar refractivity (Wildman–Crippen MR) is 92.2 cm³/mol. The Hall–Kier alpha value is -3.15. The van der Waals surface area contributed by atoms with E-state index in [0.717, 1.165) is 33.7 Å². The maximum atomic E-state index is 11.9. The zero-order chi connectivity index (χ0) is 17.6. The minimum Gasteiger partial charge on any atom is -0.497 e. The molecule has 1 aliphatic carbocycles. The van der Waals surface area contributed by atoms with Crippen LogP contribution in [0.15, 0.2) is 48.0 Å². The monoisotopic (exact) mass is 336 g/mol. The standard InChI is InChI=1S/C19H16N2O4/c1-25-13-6-7-14-16(10-13)18(15-8-9-17(22)20-19(14)15)11-2-4-12(5-3-11)21(23)24/h2-7,10,18H,8-9H2,1H3,(H,20,22). The van der Waals surface area contributed by atoms with Gasteiger partial charge in [-0.05, 0) is 41.3 Å². The smallest absolute Gasteiger partial charge is 0.269 e. The number of methoxy groups -OCH3 is 1. The van der Waals surface area contributed by atoms with Crippen LogP contribution in [0.25, 0.3) is 5.70 Å². The number of nitro benzene ring substituents is 1. The van der Waals surface area contributed by atoms with Crippen LogP contribution >= 0.6 is 0 Å². The average Bonchev–Trinajstić information content (AvgIpc) is 2.94. The molecule has 2 aliphatic rings. The van der Waals surface area contributed by atoms with Crippen LogP contribution in [-0.4, -0.2) is 17.9 Å². The number of amides is 1. The van der Waals surface area contributed by atoms with Gasteiger partial charge in [0.2, 0.25) is 5.91 Å². The van der Waals surface area contributed by atoms with Crippen LogP contribution < -0.4 is 10.1 Å². The van der Waals surface area contributed by atoms with Crippen LogP contribution in [0.2, 0.25) is 0 Å². The number of fused-ring (bicyclic) bond motifs is 2. The van der Waals surface area contributed by atoms with Gasteiger partial charge < -0.3 is 10.1 Å². The van der Waals surface area contributed by atoms with Crippen LogP contribution in [0, 0.1) is 10.1 Å². The second-order valence-corrected chi connectivity index (χ2v) is 6.18. The Morgan fingerprint density at radius 1 is 1.16 bits per heavy atom. The lowest BCUT2D eigenvalue weighted by atomic mass is 9.86. The molecule has 6 heteroatoms. The summed E-state index contributed by atoms with van der Waals surface area (Å²) < 4.78 is 5.35. The summed E-state index contributed by atoms with van der Waals surface area (Å²) in [5.41, 5.74) is 5.11. The van der Waals surface area contributed by atoms with Crippen LogP contribution in [0.3, 0.4) is 0 Å². The minimum absolute atomic E-state index is 0.0184. The summed E-state index contributed by atoms with van der Waals surface area (Å²) >= 11 is 0. The molecule has 0 saturated carbocycles. The number of non-ortho nitro benzene ring substituents is 1. The number of hydrogen-bond donors (Lipinski definition) is 1. The quantitative estimate of drug-likeness (QED) is 0.688. The van der Waals surface area contributed by atoms with Crippen molar-refractivity contribution in [1.29, 1.82) is 0 Å². The van der Waals surface area contributed by atoms with Crippen molar-refractivity contribution in [3.63, 3.8) is 0 Å². The van der Waals surface area contributed by atoms with E-state index in [-0.39, 0.29) is 17.5 Å². The lowest BCUT2D eigenvalue weighted by molar-refractivity contribution is -0.384. The summed E-state index contributed by atoms with van der Waals surface area (Å²) in [6, 6.07) is 12.4. The highest BCUT2D eigenvalue weighted by Crippen LogP contribution is 2.48. The molecule has 126 valence electrons. The van der Waals surface area contributed by atoms with E-state index in [4.69, 9.17) is 4.74 Å². The van der Waals surface area contributed by atoms with E-state index in [9.17, 15) is 14.9 Å². The molecule has 1 atom stereocenters. The van der Waals surface area contributed by atoms with Crippen molar-refractivity contribution in [2.75, 3.05) is 7.11 Å². The Kier molecular flexibility index (Phi) is 3.53. The van der Waals surface area contributed by atoms with Crippen molar-refractivity contribution in [2.45, 2.75) is 18.8 Å². The van der Waals surface area contributed by atoms with E-state index in [2.05, 4.69) is 5.32 Å². The van der Waals surface area contributed by atoms with Crippen LogP contribution in [0.1, 0.15) is 35.4 Å². The summed E-state index contributed by atoms with van der Waals surface area (Å²) in [6.45, 7) is 0. The number of ether oxygens (including phenoxy) is 1. The lowest BCUT2D eigenvalue weighted by Gasteiger charge is -2.20. The highest BCUT2D eigenvalue weighted by molar-refractivity contribution is 5.94. The molecule has 1 unspecified atom stereocenters. The molecule has 0 bridgehead atoms. The van der Waals surface area contributed by atoms with Crippen molar-refractivity contribution in [2.24, 2.45) is 0 Å². The number of hydrogen-bond acceptors (Lipinski definition) is 4. The molecular formula is C19H16N2O4. The second kappa shape index (κ2) is 5.73. The fourth-order valence-corrected chi connectivity index (χ4v) is 3.68. The van der Waals surface area contributed by atoms with Crippen molar-refractivity contribution < 1.29 is 14.5 Å². The fourth-order valence-electron chi connectivity index (χ4n) is 3.68. The largest absolute Gasteiger partial charge is 0.497 e. The van der Waals surface area contributed by atoms with Gasteiger partial charge in [-0.25, -0.2) is 0 Å². The van der Waals surface area contributed by atoms with E-state index in [1.54, 1.807) is 19.2 Å². The van der Waals surface area contributed by atoms with Crippen molar-refractivity contribution >= 4 is 17.3 Å². The zero-order valence-electron chi connectivity index (χ0n) is 13.6. The van der Waals surface area contributed by atoms with E-state index >= 15 is 0 Å². The summed E-state index contributed by atoms with van der Waals surface area (Å²) in [4.78, 5) is 22.4. The molecule has 1 N–H and O–H groups in total. The maximum Gasteiger partial charge on any atom is 0.269 e. The van der Waals surface area contributed by atoms with Gasteiger partial charge in [-0.1, -0.05) is 12.1 Å². The maximum absolute atomic E-state index is 11.9. The molecule has 0 saturated heterocycles. The van der Waals surface area contributed by atoms with Gasteiger partial charge in [-0.15, -0.1) is 0 Å². The SMILES string of the molecule is COc1ccc2c(c1)C(c1ccc([N+](=O)[O-])cc1)C1=C2NC(=O)CC1. The number of nitrogens with zero attached hydrogens (tertiary/aromatic N) is 1. The third kappa shape index (κ3) is 2.46. The third-order valence-electron chi connectivity index (χ3n) is 4.83. The first-order valence-electron chi connectivity index (χ1n) is 8.04. The number of benzene rings is 2. The summed E-state index contributed by atoms with van der Waals surface area (Å²) in [7, 11) is 1.62. The normalized spacial score (nSPS) is 18.4. The summed E-state index contributed by atoms with van der Waals surface area (Å²) in [5.74, 6) is 0.739. The van der Waals surface area contributed by atoms with E-state index in [1.807, 2.05) is 18.2 Å². The molecule has 2 aromatic carbocycles. The topological polar surface area (TPSA) is 81.5 Å². The Morgan fingerprint density at radius 2 is 1.92 bits per heavy atom. The third-order valence-corrected chi connectivity index (χ3v) is 4.83. The second-order valence-electron chi connectivity index (χ2n) is 6.18. The van der Waals surface area contributed by atoms with E-state index in [0.29, 0.717) is 12.8 Å². The van der Waals surface area contributed by atoms with Gasteiger partial charge in [0.05, 0.1) is 12.0 Å². The number of rotatable bonds is 3. The van der Waals surface area contributed by atoms with Crippen LogP contribution in [0.5, 0.6) is 5.75 Å². The van der Waals surface area contributed by atoms with Crippen molar-refractivity contribution in [3.05, 3.63) is 74.8 Å². The molecule has 0 fully saturated rings. The Balaban J connectivity index is 1.85. The molecule has 0 radical (unpaired) electrons. The molecule has 0 spiro atoms. The molecule has 0 aromatic heterocycles. The van der Waals surface area contributed by atoms with Gasteiger partial charge in [0, 0.05) is 35.7 Å². The Morgan fingerprint density at radius 3 is 2.60 bits per heavy atom. The molecule has 25 heavy (non-hydrogen) atoms. The van der Waals surface area contributed by atoms with Gasteiger partial charge in [0.1, 0.15) is 5.75 Å². The van der Waals surface area contributed by atoms with Crippen molar-refractivity contribution in [3.8, 4) is 5.75 Å². The number of carbonyl (C=O) groups excluding carboxylic acids is 1. The van der Waals surface area contributed by atoms with E-state index < -0.39 is 4.92 Å². The summed E-state index contributed by atoms with van der Waals surface area (Å²) in [6.07, 6.45) is 1.13. The first-order chi connectivity index (χ1) is 12.1. The molecule has 1 amide bonds. The first-order valence-corrected chi connectivity index (χ1v) is 8.04. The van der Waals surface area contributed by atoms with Crippen LogP contribution in [0.4, 0.5) is 5.69 Å². The Bertz CT molecular complexity index is 916. The van der Waals surface area contributed by atoms with Gasteiger partial charge in [-0.2, -0.15) is 0 Å². The molecule has 1 aliphatic heterocycles. The molecule has 1 heterocycles. The number of carbonyl (C=O) groups is 1. The number of nitrogens with one attached hydrogen (secondary N) is 1. The van der Waals surface area contributed by atoms with Gasteiger partial charge in [0.15, 0.2) is 0 Å². The molecule has 2 aromatic rings. The van der Waals surface area contributed by atoms with Gasteiger partial charge in [0.25, 0.3) is 5.69 Å². The number of allylic oxidation sites excluding steroid dienone is 1. The van der Waals surface area contributed by atoms with Crippen LogP contribution in [-0.2, 0) is 4.79 Å². The Labute approximate surface area is 144 Å². The number of nitro groups is 1. The fraction of sp³-hybridized carbons (Fsp3) is 0.211. The molecular weight excluding hydrogens is 320 g/mol. The molecule has 4 rings (SSSR count). The van der Waals surface area contributed by atoms with Gasteiger partial charge in [-0.3, -0.25) is 14.9 Å². The predicted octanol–water partition coefficient (Wildman–Crippen LogP) is 3.37. The molecule has 6 nitrogen and oxygen atoms in total. The first kappa shape index (κ1) is 15.4. The van der Waals surface area contributed by atoms with Crippen molar-refractivity contribution in [1.82, 2.24) is 5.32 Å². The average molecular weight is 336 g/mol. The highest BCUT2D eigenvalue weighted by Gasteiger charge is 2.36. The minimum atomic E-state index is -0.402. The lowest BCUT2D eigenvalue weighted by Crippen LogP contribution is -2.26. The highest BCUT2D eigenvalue weighted by atomic mass is 16.6.